The Bertz CT molecular complexity index is 770. The third-order valence-corrected chi connectivity index (χ3v) is 4.50. The smallest absolute Gasteiger partial charge is 0.219 e. The molecule has 0 bridgehead atoms. The van der Waals surface area contributed by atoms with Crippen LogP contribution in [-0.2, 0) is 6.54 Å². The van der Waals surface area contributed by atoms with E-state index in [1.54, 1.807) is 24.4 Å². The lowest BCUT2D eigenvalue weighted by atomic mass is 9.94. The van der Waals surface area contributed by atoms with Crippen LogP contribution in [0.4, 0.5) is 4.39 Å². The van der Waals surface area contributed by atoms with Crippen LogP contribution in [0.3, 0.4) is 0 Å². The molecule has 2 rings (SSSR count). The third kappa shape index (κ3) is 10.8. The second-order valence-corrected chi connectivity index (χ2v) is 7.64. The Hall–Kier alpha value is -1.94. The van der Waals surface area contributed by atoms with Gasteiger partial charge in [0.05, 0.1) is 6.54 Å². The summed E-state index contributed by atoms with van der Waals surface area (Å²) >= 11 is 0. The molecule has 6 nitrogen and oxygen atoms in total. The molecule has 1 aromatic carbocycles. The van der Waals surface area contributed by atoms with Crippen molar-refractivity contribution in [2.45, 2.75) is 40.2 Å². The van der Waals surface area contributed by atoms with Gasteiger partial charge in [-0.1, -0.05) is 19.9 Å². The molecular weight excluding hydrogens is 510 g/mol. The minimum absolute atomic E-state index is 0. The molecule has 1 heterocycles. The van der Waals surface area contributed by atoms with Crippen molar-refractivity contribution in [3.05, 3.63) is 54.0 Å². The monoisotopic (exact) mass is 544 g/mol. The number of guanidine groups is 1. The number of rotatable bonds is 11. The zero-order valence-electron chi connectivity index (χ0n) is 18.5. The highest BCUT2D eigenvalue weighted by molar-refractivity contribution is 14.0. The molecule has 0 fully saturated rings. The fourth-order valence-corrected chi connectivity index (χ4v) is 3.09. The van der Waals surface area contributed by atoms with Gasteiger partial charge in [-0.05, 0) is 61.4 Å². The Labute approximate surface area is 201 Å². The first-order valence-corrected chi connectivity index (χ1v) is 10.5. The number of nitrogens with zero attached hydrogens (tertiary/aromatic N) is 2. The number of hydrogen-bond acceptors (Lipinski definition) is 4. The van der Waals surface area contributed by atoms with Crippen LogP contribution in [0.5, 0.6) is 11.6 Å². The van der Waals surface area contributed by atoms with Gasteiger partial charge in [-0.25, -0.2) is 14.4 Å². The summed E-state index contributed by atoms with van der Waals surface area (Å²) in [6, 6.07) is 9.50. The van der Waals surface area contributed by atoms with Gasteiger partial charge in [0.15, 0.2) is 5.96 Å². The average Bonchev–Trinajstić information content (AvgIpc) is 2.72. The molecule has 31 heavy (non-hydrogen) atoms. The molecular formula is C23H34FIN4O2. The van der Waals surface area contributed by atoms with Crippen LogP contribution < -0.4 is 15.4 Å². The van der Waals surface area contributed by atoms with E-state index in [1.807, 2.05) is 13.0 Å². The number of aliphatic hydroxyl groups excluding tert-OH is 1. The molecule has 1 aromatic heterocycles. The molecule has 3 N–H and O–H groups in total. The van der Waals surface area contributed by atoms with Gasteiger partial charge in [-0.2, -0.15) is 0 Å². The van der Waals surface area contributed by atoms with E-state index >= 15 is 0 Å². The fraction of sp³-hybridized carbons (Fsp3) is 0.478. The zero-order valence-corrected chi connectivity index (χ0v) is 20.8. The summed E-state index contributed by atoms with van der Waals surface area (Å²) in [5.74, 6) is 2.41. The summed E-state index contributed by atoms with van der Waals surface area (Å²) in [4.78, 5) is 8.93. The van der Waals surface area contributed by atoms with E-state index in [1.165, 1.54) is 12.1 Å². The molecule has 0 radical (unpaired) electrons. The number of nitrogens with one attached hydrogen (secondary N) is 2. The molecule has 2 aromatic rings. The van der Waals surface area contributed by atoms with Crippen LogP contribution in [0.2, 0.25) is 0 Å². The Morgan fingerprint density at radius 3 is 2.48 bits per heavy atom. The molecule has 1 atom stereocenters. The number of aromatic nitrogens is 1. The van der Waals surface area contributed by atoms with Crippen molar-refractivity contribution in [1.29, 1.82) is 0 Å². The van der Waals surface area contributed by atoms with Gasteiger partial charge in [0.1, 0.15) is 11.6 Å². The maximum Gasteiger partial charge on any atom is 0.219 e. The molecule has 1 unspecified atom stereocenters. The van der Waals surface area contributed by atoms with E-state index < -0.39 is 0 Å². The number of aliphatic hydroxyl groups is 1. The zero-order chi connectivity index (χ0) is 21.8. The molecule has 0 aliphatic carbocycles. The lowest BCUT2D eigenvalue weighted by molar-refractivity contribution is 0.243. The number of ether oxygens (including phenoxy) is 1. The van der Waals surface area contributed by atoms with E-state index in [4.69, 9.17) is 4.74 Å². The second kappa shape index (κ2) is 15.0. The molecule has 8 heteroatoms. The molecule has 0 aliphatic rings. The highest BCUT2D eigenvalue weighted by Crippen LogP contribution is 2.19. The molecule has 0 saturated heterocycles. The first-order chi connectivity index (χ1) is 14.5. The minimum Gasteiger partial charge on any atom is -0.439 e. The maximum atomic E-state index is 13.0. The quantitative estimate of drug-likeness (QED) is 0.217. The Kier molecular flexibility index (Phi) is 13.1. The third-order valence-electron chi connectivity index (χ3n) is 4.50. The normalized spacial score (nSPS) is 12.3. The van der Waals surface area contributed by atoms with Crippen molar-refractivity contribution in [1.82, 2.24) is 15.6 Å². The summed E-state index contributed by atoms with van der Waals surface area (Å²) in [5, 5.41) is 15.9. The lowest BCUT2D eigenvalue weighted by Crippen LogP contribution is -2.40. The molecule has 172 valence electrons. The lowest BCUT2D eigenvalue weighted by Gasteiger charge is -2.20. The molecule has 0 aliphatic heterocycles. The predicted molar refractivity (Wildman–Crippen MR) is 134 cm³/mol. The van der Waals surface area contributed by atoms with Crippen molar-refractivity contribution in [3.8, 4) is 11.6 Å². The van der Waals surface area contributed by atoms with E-state index in [9.17, 15) is 9.50 Å². The largest absolute Gasteiger partial charge is 0.439 e. The summed E-state index contributed by atoms with van der Waals surface area (Å²) in [6.45, 7) is 8.63. The first-order valence-electron chi connectivity index (χ1n) is 10.5. The number of halogens is 2. The number of aliphatic imine (C=N–C) groups is 1. The van der Waals surface area contributed by atoms with Crippen molar-refractivity contribution in [3.63, 3.8) is 0 Å². The topological polar surface area (TPSA) is 78.8 Å². The van der Waals surface area contributed by atoms with Gasteiger partial charge in [0, 0.05) is 32.0 Å². The van der Waals surface area contributed by atoms with Gasteiger partial charge >= 0.3 is 0 Å². The Morgan fingerprint density at radius 1 is 1.16 bits per heavy atom. The van der Waals surface area contributed by atoms with Crippen molar-refractivity contribution >= 4 is 29.9 Å². The standard InChI is InChI=1S/C23H33FN4O2.HI/c1-4-25-23(27-14-18(11-12-29)13-17(2)3)28-16-19-5-10-22(26-15-19)30-21-8-6-20(24)7-9-21;/h5-10,15,17-18,29H,4,11-14,16H2,1-3H3,(H2,25,27,28);1H. The van der Waals surface area contributed by atoms with Gasteiger partial charge in [0.25, 0.3) is 0 Å². The number of hydrogen-bond donors (Lipinski definition) is 3. The highest BCUT2D eigenvalue weighted by atomic mass is 127. The summed E-state index contributed by atoms with van der Waals surface area (Å²) in [5.41, 5.74) is 0.952. The highest BCUT2D eigenvalue weighted by Gasteiger charge is 2.11. The number of benzene rings is 1. The summed E-state index contributed by atoms with van der Waals surface area (Å²) in [6.07, 6.45) is 3.57. The number of pyridine rings is 1. The van der Waals surface area contributed by atoms with Gasteiger partial charge in [-0.3, -0.25) is 0 Å². The fourth-order valence-electron chi connectivity index (χ4n) is 3.09. The maximum absolute atomic E-state index is 13.0. The van der Waals surface area contributed by atoms with Crippen molar-refractivity contribution in [2.24, 2.45) is 16.8 Å². The Morgan fingerprint density at radius 2 is 1.90 bits per heavy atom. The molecule has 0 spiro atoms. The van der Waals surface area contributed by atoms with E-state index in [2.05, 4.69) is 34.5 Å². The molecule has 0 amide bonds. The van der Waals surface area contributed by atoms with E-state index in [0.717, 1.165) is 37.5 Å². The SMILES string of the molecule is CCNC(=NCc1ccc(Oc2ccc(F)cc2)nc1)NCC(CCO)CC(C)C.I. The van der Waals surface area contributed by atoms with Gasteiger partial charge in [0.2, 0.25) is 5.88 Å². The Balaban J connectivity index is 0.00000480. The average molecular weight is 544 g/mol. The predicted octanol–water partition coefficient (Wildman–Crippen LogP) is 4.73. The van der Waals surface area contributed by atoms with E-state index in [-0.39, 0.29) is 36.4 Å². The summed E-state index contributed by atoms with van der Waals surface area (Å²) in [7, 11) is 0. The van der Waals surface area contributed by atoms with Crippen molar-refractivity contribution in [2.75, 3.05) is 19.7 Å². The van der Waals surface area contributed by atoms with Crippen LogP contribution in [0, 0.1) is 17.7 Å². The van der Waals surface area contributed by atoms with E-state index in [0.29, 0.717) is 30.0 Å². The van der Waals surface area contributed by atoms with Crippen LogP contribution in [-0.4, -0.2) is 35.7 Å². The van der Waals surface area contributed by atoms with Crippen LogP contribution in [0.1, 0.15) is 39.2 Å². The first kappa shape index (κ1) is 27.1. The van der Waals surface area contributed by atoms with Gasteiger partial charge in [-0.15, -0.1) is 24.0 Å². The minimum atomic E-state index is -0.305. The van der Waals surface area contributed by atoms with Crippen molar-refractivity contribution < 1.29 is 14.2 Å². The second-order valence-electron chi connectivity index (χ2n) is 7.64. The van der Waals surface area contributed by atoms with Gasteiger partial charge < -0.3 is 20.5 Å². The van der Waals surface area contributed by atoms with Crippen LogP contribution >= 0.6 is 24.0 Å². The van der Waals surface area contributed by atoms with Crippen LogP contribution in [0.15, 0.2) is 47.6 Å². The van der Waals surface area contributed by atoms with Crippen LogP contribution in [0.25, 0.3) is 0 Å². The summed E-state index contributed by atoms with van der Waals surface area (Å²) < 4.78 is 18.6. The molecule has 0 saturated carbocycles.